The van der Waals surface area contributed by atoms with E-state index in [9.17, 15) is 4.79 Å². The number of nitrogens with zero attached hydrogens (tertiary/aromatic N) is 4. The summed E-state index contributed by atoms with van der Waals surface area (Å²) < 4.78 is 11.4. The maximum atomic E-state index is 12.4. The Morgan fingerprint density at radius 2 is 2.03 bits per heavy atom. The number of aryl methyl sites for hydroxylation is 1. The topological polar surface area (TPSA) is 100 Å². The summed E-state index contributed by atoms with van der Waals surface area (Å²) in [7, 11) is 0. The van der Waals surface area contributed by atoms with Crippen LogP contribution in [0.4, 0.5) is 10.6 Å². The number of nitriles is 1. The van der Waals surface area contributed by atoms with E-state index in [0.717, 1.165) is 25.9 Å². The number of ether oxygens (including phenoxy) is 2. The lowest BCUT2D eigenvalue weighted by atomic mass is 9.73. The molecule has 1 aromatic rings. The van der Waals surface area contributed by atoms with E-state index in [-0.39, 0.29) is 28.4 Å². The van der Waals surface area contributed by atoms with Gasteiger partial charge in [0.2, 0.25) is 0 Å². The van der Waals surface area contributed by atoms with Crippen molar-refractivity contribution in [2.24, 2.45) is 5.41 Å². The molecule has 0 saturated carbocycles. The molecule has 1 amide bonds. The standard InChI is InChI=1S/C20H28ClN5O3/c1-12-17(25-16(21)14(10-22)23-12)26-8-6-20(7-9-26)11-28-13(2)15(20)24-18(27)29-19(3,4)5/h13,15H,6-9,11H2,1-5H3,(H,24,27)/t13-,15+/m0/s1. The Morgan fingerprint density at radius 3 is 2.62 bits per heavy atom. The number of alkyl carbamates (subject to hydrolysis) is 1. The number of amides is 1. The van der Waals surface area contributed by atoms with Crippen LogP contribution in [0.3, 0.4) is 0 Å². The molecule has 3 rings (SSSR count). The molecule has 2 fully saturated rings. The van der Waals surface area contributed by atoms with E-state index in [0.29, 0.717) is 18.1 Å². The Bertz CT molecular complexity index is 825. The highest BCUT2D eigenvalue weighted by molar-refractivity contribution is 6.30. The quantitative estimate of drug-likeness (QED) is 0.782. The molecule has 9 heteroatoms. The number of hydrogen-bond acceptors (Lipinski definition) is 7. The lowest BCUT2D eigenvalue weighted by Gasteiger charge is -2.43. The van der Waals surface area contributed by atoms with Crippen LogP contribution in [0.5, 0.6) is 0 Å². The molecular weight excluding hydrogens is 394 g/mol. The van der Waals surface area contributed by atoms with Gasteiger partial charge >= 0.3 is 6.09 Å². The average molecular weight is 422 g/mol. The molecule has 1 aromatic heterocycles. The molecule has 2 saturated heterocycles. The van der Waals surface area contributed by atoms with Crippen LogP contribution in [0.1, 0.15) is 51.9 Å². The van der Waals surface area contributed by atoms with E-state index in [1.807, 2.05) is 40.7 Å². The van der Waals surface area contributed by atoms with Crippen molar-refractivity contribution in [3.8, 4) is 6.07 Å². The summed E-state index contributed by atoms with van der Waals surface area (Å²) >= 11 is 6.09. The van der Waals surface area contributed by atoms with Crippen LogP contribution < -0.4 is 10.2 Å². The second kappa shape index (κ2) is 7.96. The van der Waals surface area contributed by atoms with Gasteiger partial charge in [-0.05, 0) is 47.5 Å². The molecule has 1 N–H and O–H groups in total. The van der Waals surface area contributed by atoms with Crippen LogP contribution in [0, 0.1) is 23.7 Å². The van der Waals surface area contributed by atoms with Crippen molar-refractivity contribution in [2.45, 2.75) is 65.2 Å². The van der Waals surface area contributed by atoms with Crippen LogP contribution in [0.2, 0.25) is 5.15 Å². The fraction of sp³-hybridized carbons (Fsp3) is 0.700. The number of nitrogens with one attached hydrogen (secondary N) is 1. The molecule has 29 heavy (non-hydrogen) atoms. The van der Waals surface area contributed by atoms with Gasteiger partial charge in [-0.3, -0.25) is 0 Å². The molecule has 8 nitrogen and oxygen atoms in total. The summed E-state index contributed by atoms with van der Waals surface area (Å²) in [6.07, 6.45) is 1.16. The number of piperidine rings is 1. The molecule has 2 aliphatic heterocycles. The van der Waals surface area contributed by atoms with Gasteiger partial charge < -0.3 is 19.7 Å². The van der Waals surface area contributed by atoms with Crippen LogP contribution in [-0.2, 0) is 9.47 Å². The molecule has 2 aliphatic rings. The van der Waals surface area contributed by atoms with Crippen molar-refractivity contribution in [1.29, 1.82) is 5.26 Å². The summed E-state index contributed by atoms with van der Waals surface area (Å²) in [4.78, 5) is 23.1. The van der Waals surface area contributed by atoms with Crippen LogP contribution >= 0.6 is 11.6 Å². The van der Waals surface area contributed by atoms with Gasteiger partial charge in [0.05, 0.1) is 24.4 Å². The van der Waals surface area contributed by atoms with E-state index in [4.69, 9.17) is 26.3 Å². The van der Waals surface area contributed by atoms with E-state index in [1.54, 1.807) is 0 Å². The van der Waals surface area contributed by atoms with E-state index < -0.39 is 11.7 Å². The van der Waals surface area contributed by atoms with Crippen molar-refractivity contribution >= 4 is 23.5 Å². The summed E-state index contributed by atoms with van der Waals surface area (Å²) in [5.74, 6) is 0.701. The van der Waals surface area contributed by atoms with Crippen molar-refractivity contribution in [3.05, 3.63) is 16.5 Å². The first-order valence-electron chi connectivity index (χ1n) is 9.85. The minimum atomic E-state index is -0.547. The van der Waals surface area contributed by atoms with Gasteiger partial charge in [0.25, 0.3) is 0 Å². The monoisotopic (exact) mass is 421 g/mol. The normalized spacial score (nSPS) is 23.7. The summed E-state index contributed by atoms with van der Waals surface area (Å²) in [5, 5.41) is 12.2. The lowest BCUT2D eigenvalue weighted by Crippen LogP contribution is -2.55. The zero-order valence-electron chi connectivity index (χ0n) is 17.6. The Morgan fingerprint density at radius 1 is 1.38 bits per heavy atom. The van der Waals surface area contributed by atoms with Crippen LogP contribution in [0.25, 0.3) is 0 Å². The largest absolute Gasteiger partial charge is 0.444 e. The van der Waals surface area contributed by atoms with Gasteiger partial charge in [-0.15, -0.1) is 0 Å². The fourth-order valence-corrected chi connectivity index (χ4v) is 4.33. The number of anilines is 1. The molecule has 0 aromatic carbocycles. The SMILES string of the molecule is Cc1nc(C#N)c(Cl)nc1N1CCC2(CC1)CO[C@@H](C)[C@H]2NC(=O)OC(C)(C)C. The van der Waals surface area contributed by atoms with Crippen molar-refractivity contribution in [2.75, 3.05) is 24.6 Å². The molecule has 158 valence electrons. The number of carbonyl (C=O) groups is 1. The van der Waals surface area contributed by atoms with E-state index in [1.165, 1.54) is 0 Å². The highest BCUT2D eigenvalue weighted by Gasteiger charge is 2.50. The average Bonchev–Trinajstić information content (AvgIpc) is 2.92. The second-order valence-corrected chi connectivity index (χ2v) is 9.23. The van der Waals surface area contributed by atoms with Crippen LogP contribution in [-0.4, -0.2) is 53.5 Å². The number of rotatable bonds is 2. The lowest BCUT2D eigenvalue weighted by molar-refractivity contribution is 0.0434. The maximum Gasteiger partial charge on any atom is 0.407 e. The zero-order chi connectivity index (χ0) is 21.4. The molecule has 0 aliphatic carbocycles. The van der Waals surface area contributed by atoms with E-state index >= 15 is 0 Å². The Balaban J connectivity index is 1.72. The van der Waals surface area contributed by atoms with Gasteiger partial charge in [-0.2, -0.15) is 5.26 Å². The molecule has 1 spiro atoms. The minimum absolute atomic E-state index is 0.0834. The highest BCUT2D eigenvalue weighted by atomic mass is 35.5. The molecule has 0 unspecified atom stereocenters. The molecular formula is C20H28ClN5O3. The van der Waals surface area contributed by atoms with Gasteiger partial charge in [0.15, 0.2) is 16.7 Å². The second-order valence-electron chi connectivity index (χ2n) is 8.87. The van der Waals surface area contributed by atoms with Gasteiger partial charge in [0.1, 0.15) is 11.7 Å². The Kier molecular flexibility index (Phi) is 5.93. The summed E-state index contributed by atoms with van der Waals surface area (Å²) in [6, 6.07) is 1.84. The third-order valence-electron chi connectivity index (χ3n) is 5.60. The summed E-state index contributed by atoms with van der Waals surface area (Å²) in [6.45, 7) is 11.4. The van der Waals surface area contributed by atoms with E-state index in [2.05, 4.69) is 20.2 Å². The molecule has 0 bridgehead atoms. The van der Waals surface area contributed by atoms with Gasteiger partial charge in [0, 0.05) is 18.5 Å². The minimum Gasteiger partial charge on any atom is -0.444 e. The van der Waals surface area contributed by atoms with Crippen molar-refractivity contribution < 1.29 is 14.3 Å². The predicted octanol–water partition coefficient (Wildman–Crippen LogP) is 3.21. The first-order chi connectivity index (χ1) is 13.5. The first-order valence-corrected chi connectivity index (χ1v) is 10.2. The highest BCUT2D eigenvalue weighted by Crippen LogP contribution is 2.43. The Labute approximate surface area is 176 Å². The maximum absolute atomic E-state index is 12.4. The predicted molar refractivity (Wildman–Crippen MR) is 109 cm³/mol. The molecule has 3 heterocycles. The number of halogens is 1. The third-order valence-corrected chi connectivity index (χ3v) is 5.87. The van der Waals surface area contributed by atoms with Gasteiger partial charge in [-0.25, -0.2) is 14.8 Å². The Hall–Kier alpha value is -2.11. The number of aromatic nitrogens is 2. The van der Waals surface area contributed by atoms with Crippen molar-refractivity contribution in [1.82, 2.24) is 15.3 Å². The number of hydrogen-bond donors (Lipinski definition) is 1. The zero-order valence-corrected chi connectivity index (χ0v) is 18.3. The molecule has 2 atom stereocenters. The fourth-order valence-electron chi connectivity index (χ4n) is 4.17. The van der Waals surface area contributed by atoms with Crippen molar-refractivity contribution in [3.63, 3.8) is 0 Å². The number of carbonyl (C=O) groups excluding carboxylic acids is 1. The first kappa shape index (κ1) is 21.6. The summed E-state index contributed by atoms with van der Waals surface area (Å²) in [5.41, 5.74) is 0.126. The third kappa shape index (κ3) is 4.57. The molecule has 0 radical (unpaired) electrons. The smallest absolute Gasteiger partial charge is 0.407 e. The van der Waals surface area contributed by atoms with Gasteiger partial charge in [-0.1, -0.05) is 11.6 Å². The van der Waals surface area contributed by atoms with Crippen LogP contribution in [0.15, 0.2) is 0 Å².